The van der Waals surface area contributed by atoms with Crippen LogP contribution in [0.3, 0.4) is 0 Å². The van der Waals surface area contributed by atoms with Crippen molar-refractivity contribution in [3.05, 3.63) is 105 Å². The molecule has 1 aliphatic heterocycles. The molecule has 0 radical (unpaired) electrons. The number of hydrogen-bond acceptors (Lipinski definition) is 5. The minimum absolute atomic E-state index is 0.0264. The number of aliphatic carboxylic acids is 1. The van der Waals surface area contributed by atoms with Crippen molar-refractivity contribution in [1.82, 2.24) is 9.62 Å². The van der Waals surface area contributed by atoms with Crippen LogP contribution in [0.1, 0.15) is 48.1 Å². The summed E-state index contributed by atoms with van der Waals surface area (Å²) in [5.41, 5.74) is 0.215. The van der Waals surface area contributed by atoms with Gasteiger partial charge in [-0.15, -0.1) is 0 Å². The maximum atomic E-state index is 15.0. The molecule has 2 N–H and O–H groups in total. The van der Waals surface area contributed by atoms with Crippen LogP contribution in [0.5, 0.6) is 0 Å². The highest BCUT2D eigenvalue weighted by Gasteiger charge is 2.59. The second-order valence-electron chi connectivity index (χ2n) is 10.8. The summed E-state index contributed by atoms with van der Waals surface area (Å²) in [4.78, 5) is 25.9. The Bertz CT molecular complexity index is 1700. The maximum Gasteiger partial charge on any atom is 0.410 e. The van der Waals surface area contributed by atoms with Gasteiger partial charge >= 0.3 is 12.1 Å². The number of hydrogen-bond donors (Lipinski definition) is 2. The zero-order valence-electron chi connectivity index (χ0n) is 23.2. The molecule has 0 aromatic heterocycles. The molecule has 45 heavy (non-hydrogen) atoms. The van der Waals surface area contributed by atoms with Gasteiger partial charge in [0, 0.05) is 22.2 Å². The topological polar surface area (TPSA) is 113 Å². The first-order valence-electron chi connectivity index (χ1n) is 13.7. The van der Waals surface area contributed by atoms with E-state index in [2.05, 4.69) is 0 Å². The number of carbonyl (C=O) groups is 2. The van der Waals surface area contributed by atoms with E-state index >= 15 is 13.2 Å². The van der Waals surface area contributed by atoms with Crippen molar-refractivity contribution < 1.29 is 45.4 Å². The summed E-state index contributed by atoms with van der Waals surface area (Å²) in [6, 6.07) is 12.3. The van der Waals surface area contributed by atoms with Crippen molar-refractivity contribution >= 4 is 45.1 Å². The molecule has 3 aromatic carbocycles. The van der Waals surface area contributed by atoms with Gasteiger partial charge in [0.05, 0.1) is 12.5 Å². The largest absolute Gasteiger partial charge is 0.481 e. The molecule has 0 spiro atoms. The first-order valence-corrected chi connectivity index (χ1v) is 15.9. The van der Waals surface area contributed by atoms with Crippen LogP contribution in [-0.2, 0) is 29.1 Å². The number of rotatable bonds is 10. The number of carboxylic acid groups (broad SMARTS) is 1. The van der Waals surface area contributed by atoms with Crippen LogP contribution in [0.2, 0.25) is 10.0 Å². The second kappa shape index (κ2) is 12.5. The lowest BCUT2D eigenvalue weighted by Gasteiger charge is -2.48. The Hall–Kier alpha value is -3.23. The van der Waals surface area contributed by atoms with E-state index in [0.29, 0.717) is 4.90 Å². The van der Waals surface area contributed by atoms with Crippen molar-refractivity contribution in [1.29, 1.82) is 0 Å². The fourth-order valence-corrected chi connectivity index (χ4v) is 7.74. The van der Waals surface area contributed by atoms with Gasteiger partial charge in [-0.25, -0.2) is 17.5 Å². The summed E-state index contributed by atoms with van der Waals surface area (Å²) in [6.45, 7) is -1.33. The average Bonchev–Trinajstić information content (AvgIpc) is 3.77. The van der Waals surface area contributed by atoms with E-state index in [4.69, 9.17) is 27.9 Å². The molecule has 0 bridgehead atoms. The number of nitrogens with zero attached hydrogens (tertiary/aromatic N) is 1. The van der Waals surface area contributed by atoms with E-state index in [1.807, 2.05) is 4.72 Å². The van der Waals surface area contributed by atoms with Crippen LogP contribution in [0.4, 0.5) is 17.6 Å². The van der Waals surface area contributed by atoms with Crippen molar-refractivity contribution in [2.45, 2.75) is 54.5 Å². The molecule has 8 nitrogen and oxygen atoms in total. The monoisotopic (exact) mass is 688 g/mol. The van der Waals surface area contributed by atoms with E-state index < -0.39 is 75.9 Å². The van der Waals surface area contributed by atoms with Gasteiger partial charge in [0.15, 0.2) is 0 Å². The normalized spacial score (nSPS) is 22.2. The molecule has 1 saturated heterocycles. The number of nitrogens with one attached hydrogen (secondary N) is 1. The van der Waals surface area contributed by atoms with E-state index in [-0.39, 0.29) is 39.6 Å². The van der Waals surface area contributed by atoms with E-state index in [0.717, 1.165) is 6.07 Å². The van der Waals surface area contributed by atoms with E-state index in [1.165, 1.54) is 66.7 Å². The lowest BCUT2D eigenvalue weighted by Crippen LogP contribution is -2.62. The number of sulfonamides is 1. The predicted octanol–water partition coefficient (Wildman–Crippen LogP) is 6.16. The second-order valence-corrected chi connectivity index (χ2v) is 13.8. The maximum absolute atomic E-state index is 15.0. The Morgan fingerprint density at radius 3 is 2.27 bits per heavy atom. The van der Waals surface area contributed by atoms with Gasteiger partial charge in [-0.2, -0.15) is 13.2 Å². The van der Waals surface area contributed by atoms with Crippen molar-refractivity contribution in [3.63, 3.8) is 0 Å². The highest BCUT2D eigenvalue weighted by molar-refractivity contribution is 7.90. The highest BCUT2D eigenvalue weighted by atomic mass is 35.5. The molecule has 5 rings (SSSR count). The molecule has 240 valence electrons. The summed E-state index contributed by atoms with van der Waals surface area (Å²) in [6.07, 6.45) is -9.46. The number of carbonyl (C=O) groups excluding carboxylic acids is 1. The Balaban J connectivity index is 1.60. The minimum Gasteiger partial charge on any atom is -0.481 e. The fraction of sp³-hybridized carbons (Fsp3) is 0.333. The molecule has 0 unspecified atom stereocenters. The highest BCUT2D eigenvalue weighted by Crippen LogP contribution is 2.53. The first kappa shape index (κ1) is 33.1. The Morgan fingerprint density at radius 2 is 1.69 bits per heavy atom. The van der Waals surface area contributed by atoms with Gasteiger partial charge in [-0.1, -0.05) is 65.7 Å². The molecule has 15 heteroatoms. The third kappa shape index (κ3) is 6.68. The number of morpholine rings is 1. The Kier molecular flexibility index (Phi) is 9.22. The van der Waals surface area contributed by atoms with Gasteiger partial charge in [-0.3, -0.25) is 9.59 Å². The molecule has 1 aliphatic carbocycles. The smallest absolute Gasteiger partial charge is 0.410 e. The molecule has 3 aromatic rings. The van der Waals surface area contributed by atoms with Crippen LogP contribution < -0.4 is 4.72 Å². The minimum atomic E-state index is -5.22. The zero-order chi connectivity index (χ0) is 32.7. The van der Waals surface area contributed by atoms with Crippen LogP contribution in [0, 0.1) is 5.82 Å². The number of carboxylic acids is 1. The Labute approximate surface area is 265 Å². The first-order chi connectivity index (χ1) is 21.1. The van der Waals surface area contributed by atoms with Crippen molar-refractivity contribution in [2.75, 3.05) is 6.54 Å². The van der Waals surface area contributed by atoms with Gasteiger partial charge in [0.25, 0.3) is 5.91 Å². The van der Waals surface area contributed by atoms with Crippen LogP contribution in [0.25, 0.3) is 0 Å². The van der Waals surface area contributed by atoms with Crippen LogP contribution in [0.15, 0.2) is 72.8 Å². The van der Waals surface area contributed by atoms with Crippen molar-refractivity contribution in [2.24, 2.45) is 0 Å². The molecule has 1 heterocycles. The average molecular weight is 690 g/mol. The molecule has 1 amide bonds. The van der Waals surface area contributed by atoms with Gasteiger partial charge in [0.2, 0.25) is 10.0 Å². The zero-order valence-corrected chi connectivity index (χ0v) is 25.5. The summed E-state index contributed by atoms with van der Waals surface area (Å²) in [5.74, 6) is -3.64. The molecular weight excluding hydrogens is 663 g/mol. The van der Waals surface area contributed by atoms with Crippen LogP contribution in [-0.4, -0.2) is 55.2 Å². The number of amides is 1. The number of alkyl halides is 3. The predicted molar refractivity (Wildman–Crippen MR) is 156 cm³/mol. The van der Waals surface area contributed by atoms with Crippen LogP contribution >= 0.6 is 23.2 Å². The quantitative estimate of drug-likeness (QED) is 0.247. The molecule has 2 fully saturated rings. The number of ether oxygens (including phenoxy) is 1. The van der Waals surface area contributed by atoms with Gasteiger partial charge in [-0.05, 0) is 54.3 Å². The standard InChI is InChI=1S/C30H26Cl2F4N2O6S/c31-19-10-8-17(9-11-19)26-27(18-4-3-5-20(32)14-18)44-23(15-25(39)40)28(41)38(26)24(30(34,35)36)16-37-45(42,43)29(12-13-29)21-6-1-2-7-22(21)33/h1-11,14,23-24,26-27,37H,12-13,15-16H2,(H,39,40)/t23-,24-,26-,27-/m1/s1. The molecular formula is C30H26Cl2F4N2O6S. The third-order valence-corrected chi connectivity index (χ3v) is 10.6. The third-order valence-electron chi connectivity index (χ3n) is 7.94. The SMILES string of the molecule is O=C(O)C[C@H]1O[C@H](c2cccc(Cl)c2)[C@@H](c2ccc(Cl)cc2)N([C@H](CNS(=O)(=O)C2(c3ccccc3F)CC2)C(F)(F)F)C1=O. The van der Waals surface area contributed by atoms with E-state index in [1.54, 1.807) is 0 Å². The molecule has 1 saturated carbocycles. The molecule has 4 atom stereocenters. The fourth-order valence-electron chi connectivity index (χ4n) is 5.67. The lowest BCUT2D eigenvalue weighted by molar-refractivity contribution is -0.222. The summed E-state index contributed by atoms with van der Waals surface area (Å²) < 4.78 is 92.8. The lowest BCUT2D eigenvalue weighted by atomic mass is 9.89. The summed E-state index contributed by atoms with van der Waals surface area (Å²) in [5, 5.41) is 9.94. The van der Waals surface area contributed by atoms with Gasteiger partial charge < -0.3 is 14.7 Å². The van der Waals surface area contributed by atoms with E-state index in [9.17, 15) is 27.5 Å². The summed E-state index contributed by atoms with van der Waals surface area (Å²) in [7, 11) is -4.62. The van der Waals surface area contributed by atoms with Crippen molar-refractivity contribution in [3.8, 4) is 0 Å². The number of benzene rings is 3. The molecule has 2 aliphatic rings. The Morgan fingerprint density at radius 1 is 1.02 bits per heavy atom. The number of halogens is 6. The van der Waals surface area contributed by atoms with Gasteiger partial charge in [0.1, 0.15) is 28.8 Å². The summed E-state index contributed by atoms with van der Waals surface area (Å²) >= 11 is 12.2.